The highest BCUT2D eigenvalue weighted by Crippen LogP contribution is 2.19. The van der Waals surface area contributed by atoms with Crippen molar-refractivity contribution in [3.63, 3.8) is 0 Å². The first-order valence-corrected chi connectivity index (χ1v) is 8.03. The van der Waals surface area contributed by atoms with Gasteiger partial charge in [-0.3, -0.25) is 9.69 Å². The molecule has 0 aliphatic carbocycles. The fourth-order valence-electron chi connectivity index (χ4n) is 2.90. The average Bonchev–Trinajstić information content (AvgIpc) is 2.55. The van der Waals surface area contributed by atoms with Crippen LogP contribution in [0.3, 0.4) is 0 Å². The quantitative estimate of drug-likeness (QED) is 0.858. The summed E-state index contributed by atoms with van der Waals surface area (Å²) in [6, 6.07) is 5.06. The van der Waals surface area contributed by atoms with E-state index in [0.717, 1.165) is 31.7 Å². The second-order valence-corrected chi connectivity index (χ2v) is 6.03. The molecule has 0 radical (unpaired) electrons. The Morgan fingerprint density at radius 3 is 2.61 bits per heavy atom. The van der Waals surface area contributed by atoms with Crippen LogP contribution in [0.1, 0.15) is 12.5 Å². The SMILES string of the molecule is CNCC(C)C(=O)N1CCN(Cc2ccc(OC)c(F)c2)CC1. The molecule has 1 amide bonds. The Balaban J connectivity index is 1.85. The van der Waals surface area contributed by atoms with E-state index in [1.807, 2.05) is 24.9 Å². The van der Waals surface area contributed by atoms with Gasteiger partial charge in [0.2, 0.25) is 5.91 Å². The van der Waals surface area contributed by atoms with Gasteiger partial charge in [0.05, 0.1) is 7.11 Å². The van der Waals surface area contributed by atoms with E-state index in [9.17, 15) is 9.18 Å². The predicted octanol–water partition coefficient (Wildman–Crippen LogP) is 1.33. The number of halogens is 1. The molecule has 6 heteroatoms. The smallest absolute Gasteiger partial charge is 0.226 e. The van der Waals surface area contributed by atoms with E-state index in [2.05, 4.69) is 10.2 Å². The third-order valence-corrected chi connectivity index (χ3v) is 4.24. The van der Waals surface area contributed by atoms with Gasteiger partial charge in [0.25, 0.3) is 0 Å². The van der Waals surface area contributed by atoms with Gasteiger partial charge in [-0.2, -0.15) is 0 Å². The Morgan fingerprint density at radius 2 is 2.04 bits per heavy atom. The van der Waals surface area contributed by atoms with Gasteiger partial charge < -0.3 is 15.0 Å². The number of carbonyl (C=O) groups is 1. The Hall–Kier alpha value is -1.66. The van der Waals surface area contributed by atoms with Gasteiger partial charge in [0.15, 0.2) is 11.6 Å². The maximum absolute atomic E-state index is 13.7. The molecular formula is C17H26FN3O2. The van der Waals surface area contributed by atoms with Gasteiger partial charge in [0.1, 0.15) is 0 Å². The van der Waals surface area contributed by atoms with Crippen LogP contribution in [0.5, 0.6) is 5.75 Å². The molecule has 1 aromatic rings. The fourth-order valence-corrected chi connectivity index (χ4v) is 2.90. The van der Waals surface area contributed by atoms with E-state index >= 15 is 0 Å². The molecule has 1 aliphatic rings. The molecule has 23 heavy (non-hydrogen) atoms. The van der Waals surface area contributed by atoms with Crippen LogP contribution < -0.4 is 10.1 Å². The summed E-state index contributed by atoms with van der Waals surface area (Å²) < 4.78 is 18.7. The number of hydrogen-bond acceptors (Lipinski definition) is 4. The highest BCUT2D eigenvalue weighted by molar-refractivity contribution is 5.78. The van der Waals surface area contributed by atoms with Gasteiger partial charge >= 0.3 is 0 Å². The first-order chi connectivity index (χ1) is 11.0. The Kier molecular flexibility index (Phi) is 6.36. The Labute approximate surface area is 137 Å². The molecule has 1 atom stereocenters. The van der Waals surface area contributed by atoms with E-state index < -0.39 is 0 Å². The Bertz CT molecular complexity index is 531. The van der Waals surface area contributed by atoms with E-state index in [4.69, 9.17) is 4.74 Å². The largest absolute Gasteiger partial charge is 0.494 e. The van der Waals surface area contributed by atoms with Gasteiger partial charge in [-0.15, -0.1) is 0 Å². The van der Waals surface area contributed by atoms with Gasteiger partial charge in [-0.1, -0.05) is 13.0 Å². The third kappa shape index (κ3) is 4.65. The van der Waals surface area contributed by atoms with Crippen LogP contribution in [-0.4, -0.2) is 62.6 Å². The minimum absolute atomic E-state index is 0.00207. The molecule has 2 rings (SSSR count). The predicted molar refractivity (Wildman–Crippen MR) is 87.9 cm³/mol. The molecule has 1 unspecified atom stereocenters. The number of benzene rings is 1. The fraction of sp³-hybridized carbons (Fsp3) is 0.588. The molecule has 0 aromatic heterocycles. The zero-order chi connectivity index (χ0) is 16.8. The third-order valence-electron chi connectivity index (χ3n) is 4.24. The molecule has 1 heterocycles. The summed E-state index contributed by atoms with van der Waals surface area (Å²) in [6.45, 7) is 6.42. The van der Waals surface area contributed by atoms with Crippen LogP contribution in [0.2, 0.25) is 0 Å². The number of ether oxygens (including phenoxy) is 1. The number of carbonyl (C=O) groups excluding carboxylic acids is 1. The first-order valence-electron chi connectivity index (χ1n) is 8.03. The minimum Gasteiger partial charge on any atom is -0.494 e. The van der Waals surface area contributed by atoms with Crippen LogP contribution in [0.4, 0.5) is 4.39 Å². The van der Waals surface area contributed by atoms with E-state index in [0.29, 0.717) is 13.1 Å². The van der Waals surface area contributed by atoms with Crippen LogP contribution in [-0.2, 0) is 11.3 Å². The summed E-state index contributed by atoms with van der Waals surface area (Å²) in [5.41, 5.74) is 0.923. The molecule has 1 aromatic carbocycles. The van der Waals surface area contributed by atoms with Crippen LogP contribution in [0, 0.1) is 11.7 Å². The zero-order valence-electron chi connectivity index (χ0n) is 14.1. The second-order valence-electron chi connectivity index (χ2n) is 6.03. The van der Waals surface area contributed by atoms with Crippen LogP contribution in [0.15, 0.2) is 18.2 Å². The number of methoxy groups -OCH3 is 1. The summed E-state index contributed by atoms with van der Waals surface area (Å²) in [4.78, 5) is 16.4. The summed E-state index contributed by atoms with van der Waals surface area (Å²) in [5.74, 6) is 0.138. The molecule has 1 fully saturated rings. The topological polar surface area (TPSA) is 44.8 Å². The average molecular weight is 323 g/mol. The van der Waals surface area contributed by atoms with Crippen molar-refractivity contribution in [1.82, 2.24) is 15.1 Å². The minimum atomic E-state index is -0.334. The monoisotopic (exact) mass is 323 g/mol. The van der Waals surface area contributed by atoms with Crippen molar-refractivity contribution in [2.45, 2.75) is 13.5 Å². The number of nitrogens with one attached hydrogen (secondary N) is 1. The maximum Gasteiger partial charge on any atom is 0.226 e. The molecule has 1 saturated heterocycles. The molecule has 1 N–H and O–H groups in total. The summed E-state index contributed by atoms with van der Waals surface area (Å²) in [7, 11) is 3.32. The van der Waals surface area contributed by atoms with E-state index in [-0.39, 0.29) is 23.4 Å². The summed E-state index contributed by atoms with van der Waals surface area (Å²) >= 11 is 0. The molecule has 0 saturated carbocycles. The van der Waals surface area contributed by atoms with Gasteiger partial charge in [-0.05, 0) is 24.7 Å². The normalized spacial score (nSPS) is 17.1. The van der Waals surface area contributed by atoms with Crippen molar-refractivity contribution in [3.8, 4) is 5.75 Å². The van der Waals surface area contributed by atoms with Crippen molar-refractivity contribution in [1.29, 1.82) is 0 Å². The molecule has 5 nitrogen and oxygen atoms in total. The number of nitrogens with zero attached hydrogens (tertiary/aromatic N) is 2. The molecule has 128 valence electrons. The summed E-state index contributed by atoms with van der Waals surface area (Å²) in [6.07, 6.45) is 0. The lowest BCUT2D eigenvalue weighted by Gasteiger charge is -2.36. The number of rotatable bonds is 6. The van der Waals surface area contributed by atoms with E-state index in [1.165, 1.54) is 13.2 Å². The van der Waals surface area contributed by atoms with Crippen molar-refractivity contribution < 1.29 is 13.9 Å². The van der Waals surface area contributed by atoms with Crippen molar-refractivity contribution >= 4 is 5.91 Å². The zero-order valence-corrected chi connectivity index (χ0v) is 14.1. The maximum atomic E-state index is 13.7. The standard InChI is InChI=1S/C17H26FN3O2/c1-13(11-19-2)17(22)21-8-6-20(7-9-21)12-14-4-5-16(23-3)15(18)10-14/h4-5,10,13,19H,6-9,11-12H2,1-3H3. The second kappa shape index (κ2) is 8.26. The van der Waals surface area contributed by atoms with E-state index in [1.54, 1.807) is 6.07 Å². The highest BCUT2D eigenvalue weighted by atomic mass is 19.1. The lowest BCUT2D eigenvalue weighted by molar-refractivity contribution is -0.136. The van der Waals surface area contributed by atoms with Crippen LogP contribution in [0.25, 0.3) is 0 Å². The van der Waals surface area contributed by atoms with Crippen molar-refractivity contribution in [2.24, 2.45) is 5.92 Å². The Morgan fingerprint density at radius 1 is 1.35 bits per heavy atom. The molecule has 0 spiro atoms. The molecule has 1 aliphatic heterocycles. The lowest BCUT2D eigenvalue weighted by Crippen LogP contribution is -2.50. The number of amides is 1. The molecule has 0 bridgehead atoms. The lowest BCUT2D eigenvalue weighted by atomic mass is 10.1. The van der Waals surface area contributed by atoms with Gasteiger partial charge in [0, 0.05) is 45.2 Å². The number of hydrogen-bond donors (Lipinski definition) is 1. The van der Waals surface area contributed by atoms with Crippen LogP contribution >= 0.6 is 0 Å². The van der Waals surface area contributed by atoms with Crippen molar-refractivity contribution in [2.75, 3.05) is 46.9 Å². The van der Waals surface area contributed by atoms with Crippen molar-refractivity contribution in [3.05, 3.63) is 29.6 Å². The first kappa shape index (κ1) is 17.7. The summed E-state index contributed by atoms with van der Waals surface area (Å²) in [5, 5.41) is 3.04. The molecular weight excluding hydrogens is 297 g/mol. The number of piperazine rings is 1. The van der Waals surface area contributed by atoms with Gasteiger partial charge in [-0.25, -0.2) is 4.39 Å². The highest BCUT2D eigenvalue weighted by Gasteiger charge is 2.24.